The zero-order valence-electron chi connectivity index (χ0n) is 19.0. The van der Waals surface area contributed by atoms with E-state index in [-0.39, 0.29) is 17.7 Å². The summed E-state index contributed by atoms with van der Waals surface area (Å²) in [6.45, 7) is 0. The fourth-order valence-corrected chi connectivity index (χ4v) is 5.30. The van der Waals surface area contributed by atoms with Gasteiger partial charge in [0.1, 0.15) is 23.9 Å². The van der Waals surface area contributed by atoms with Gasteiger partial charge in [0.25, 0.3) is 0 Å². The largest absolute Gasteiger partial charge is 0.497 e. The summed E-state index contributed by atoms with van der Waals surface area (Å²) in [5.41, 5.74) is 3.71. The lowest BCUT2D eigenvalue weighted by atomic mass is 9.77. The quantitative estimate of drug-likeness (QED) is 0.476. The van der Waals surface area contributed by atoms with E-state index in [9.17, 15) is 4.79 Å². The van der Waals surface area contributed by atoms with Gasteiger partial charge in [-0.3, -0.25) is 4.79 Å². The molecule has 2 atom stereocenters. The predicted octanol–water partition coefficient (Wildman–Crippen LogP) is 4.86. The maximum atomic E-state index is 13.8. The lowest BCUT2D eigenvalue weighted by molar-refractivity contribution is -0.116. The van der Waals surface area contributed by atoms with Crippen LogP contribution in [0, 0.1) is 0 Å². The van der Waals surface area contributed by atoms with Crippen molar-refractivity contribution in [3.8, 4) is 11.5 Å². The molecule has 1 aromatic heterocycles. The first-order chi connectivity index (χ1) is 16.7. The van der Waals surface area contributed by atoms with Gasteiger partial charge in [0.05, 0.1) is 14.2 Å². The van der Waals surface area contributed by atoms with Crippen molar-refractivity contribution in [2.45, 2.75) is 24.8 Å². The van der Waals surface area contributed by atoms with E-state index < -0.39 is 0 Å². The summed E-state index contributed by atoms with van der Waals surface area (Å²) in [6, 6.07) is 19.9. The minimum atomic E-state index is -0.328. The lowest BCUT2D eigenvalue weighted by Crippen LogP contribution is -2.33. The summed E-state index contributed by atoms with van der Waals surface area (Å²) in [4.78, 5) is 18.2. The summed E-state index contributed by atoms with van der Waals surface area (Å²) in [5, 5.41) is 10.1. The van der Waals surface area contributed by atoms with Crippen molar-refractivity contribution in [3.63, 3.8) is 0 Å². The van der Waals surface area contributed by atoms with Gasteiger partial charge in [-0.05, 0) is 34.4 Å². The number of rotatable bonds is 4. The maximum Gasteiger partial charge on any atom is 0.226 e. The number of Topliss-reactive ketones (excluding diaryl/α,β-unsaturated/α-hetero) is 1. The maximum absolute atomic E-state index is 13.8. The highest BCUT2D eigenvalue weighted by Crippen LogP contribution is 2.46. The Kier molecular flexibility index (Phi) is 4.83. The van der Waals surface area contributed by atoms with E-state index in [1.54, 1.807) is 14.2 Å². The molecular weight excluding hydrogens is 428 g/mol. The number of hydrogen-bond acceptors (Lipinski definition) is 6. The van der Waals surface area contributed by atoms with Crippen LogP contribution in [0.1, 0.15) is 35.9 Å². The second-order valence-corrected chi connectivity index (χ2v) is 8.65. The number of fused-ring (bicyclic) bond motifs is 2. The standard InChI is InChI=1S/C27H24N4O3/c1-33-18-10-11-20(24(14-18)34-2)17-12-22-25(23(32)13-17)26(31-27(30-22)28-15-29-31)21-9-5-7-16-6-3-4-8-19(16)21/h3-11,14-15,17,26H,12-13H2,1-2H3,(H,28,29,30). The molecule has 0 bridgehead atoms. The Balaban J connectivity index is 1.48. The molecule has 34 heavy (non-hydrogen) atoms. The second kappa shape index (κ2) is 8.02. The average Bonchev–Trinajstić information content (AvgIpc) is 3.35. The van der Waals surface area contributed by atoms with Crippen LogP contribution >= 0.6 is 0 Å². The molecule has 7 heteroatoms. The minimum Gasteiger partial charge on any atom is -0.497 e. The fourth-order valence-electron chi connectivity index (χ4n) is 5.30. The first-order valence-electron chi connectivity index (χ1n) is 11.3. The number of nitrogens with zero attached hydrogens (tertiary/aromatic N) is 3. The summed E-state index contributed by atoms with van der Waals surface area (Å²) in [6.07, 6.45) is 2.61. The van der Waals surface area contributed by atoms with E-state index in [0.29, 0.717) is 18.8 Å². The normalized spacial score (nSPS) is 19.4. The monoisotopic (exact) mass is 452 g/mol. The number of methoxy groups -OCH3 is 2. The van der Waals surface area contributed by atoms with Gasteiger partial charge in [-0.1, -0.05) is 48.5 Å². The zero-order chi connectivity index (χ0) is 23.2. The van der Waals surface area contributed by atoms with Crippen LogP contribution in [-0.2, 0) is 4.79 Å². The summed E-state index contributed by atoms with van der Waals surface area (Å²) >= 11 is 0. The molecule has 1 N–H and O–H groups in total. The molecule has 0 radical (unpaired) electrons. The van der Waals surface area contributed by atoms with Crippen LogP contribution in [0.4, 0.5) is 5.95 Å². The van der Waals surface area contributed by atoms with Gasteiger partial charge in [0.15, 0.2) is 5.78 Å². The number of allylic oxidation sites excluding steroid dienone is 2. The zero-order valence-corrected chi connectivity index (χ0v) is 19.0. The Morgan fingerprint density at radius 3 is 2.68 bits per heavy atom. The molecule has 2 aliphatic rings. The molecule has 2 unspecified atom stereocenters. The third kappa shape index (κ3) is 3.15. The van der Waals surface area contributed by atoms with Crippen LogP contribution in [0.5, 0.6) is 11.5 Å². The lowest BCUT2D eigenvalue weighted by Gasteiger charge is -2.35. The molecular formula is C27H24N4O3. The number of carbonyl (C=O) groups excluding carboxylic acids is 1. The van der Waals surface area contributed by atoms with Crippen molar-refractivity contribution in [2.24, 2.45) is 0 Å². The van der Waals surface area contributed by atoms with Gasteiger partial charge >= 0.3 is 0 Å². The Labute approximate surface area is 197 Å². The van der Waals surface area contributed by atoms with Gasteiger partial charge < -0.3 is 14.8 Å². The smallest absolute Gasteiger partial charge is 0.226 e. The molecule has 170 valence electrons. The van der Waals surface area contributed by atoms with Crippen molar-refractivity contribution in [2.75, 3.05) is 19.5 Å². The first-order valence-corrected chi connectivity index (χ1v) is 11.3. The summed E-state index contributed by atoms with van der Waals surface area (Å²) in [5.74, 6) is 2.19. The van der Waals surface area contributed by atoms with Crippen LogP contribution < -0.4 is 14.8 Å². The van der Waals surface area contributed by atoms with Gasteiger partial charge in [-0.15, -0.1) is 0 Å². The Bertz CT molecular complexity index is 1450. The van der Waals surface area contributed by atoms with Crippen LogP contribution in [0.25, 0.3) is 10.8 Å². The predicted molar refractivity (Wildman–Crippen MR) is 129 cm³/mol. The van der Waals surface area contributed by atoms with E-state index >= 15 is 0 Å². The minimum absolute atomic E-state index is 0.0118. The van der Waals surface area contributed by atoms with Crippen molar-refractivity contribution >= 4 is 22.5 Å². The first kappa shape index (κ1) is 20.5. The van der Waals surface area contributed by atoms with E-state index in [1.807, 2.05) is 41.1 Å². The van der Waals surface area contributed by atoms with E-state index in [2.05, 4.69) is 39.7 Å². The molecule has 3 aromatic carbocycles. The van der Waals surface area contributed by atoms with E-state index in [1.165, 1.54) is 6.33 Å². The van der Waals surface area contributed by atoms with E-state index in [0.717, 1.165) is 44.7 Å². The number of ether oxygens (including phenoxy) is 2. The number of aromatic nitrogens is 3. The van der Waals surface area contributed by atoms with Crippen molar-refractivity contribution in [3.05, 3.63) is 89.4 Å². The molecule has 4 aromatic rings. The summed E-state index contributed by atoms with van der Waals surface area (Å²) < 4.78 is 12.8. The summed E-state index contributed by atoms with van der Waals surface area (Å²) in [7, 11) is 3.27. The van der Waals surface area contributed by atoms with Gasteiger partial charge in [0, 0.05) is 29.7 Å². The SMILES string of the molecule is COc1ccc(C2CC(=O)C3=C(C2)Nc2ncnn2C3c2cccc3ccccc23)c(OC)c1. The van der Waals surface area contributed by atoms with Crippen molar-refractivity contribution in [1.29, 1.82) is 0 Å². The van der Waals surface area contributed by atoms with Crippen LogP contribution in [0.15, 0.2) is 78.3 Å². The number of anilines is 1. The highest BCUT2D eigenvalue weighted by molar-refractivity contribution is 6.01. The van der Waals surface area contributed by atoms with Crippen molar-refractivity contribution < 1.29 is 14.3 Å². The second-order valence-electron chi connectivity index (χ2n) is 8.65. The molecule has 1 aliphatic carbocycles. The number of nitrogens with one attached hydrogen (secondary N) is 1. The molecule has 0 fully saturated rings. The molecule has 7 nitrogen and oxygen atoms in total. The number of ketones is 1. The highest BCUT2D eigenvalue weighted by Gasteiger charge is 2.40. The van der Waals surface area contributed by atoms with Gasteiger partial charge in [-0.25, -0.2) is 4.68 Å². The molecule has 0 spiro atoms. The molecule has 0 saturated carbocycles. The Morgan fingerprint density at radius 1 is 0.971 bits per heavy atom. The topological polar surface area (TPSA) is 78.3 Å². The Hall–Kier alpha value is -4.13. The fraction of sp³-hybridized carbons (Fsp3) is 0.222. The molecule has 6 rings (SSSR count). The molecule has 0 amide bonds. The third-order valence-electron chi connectivity index (χ3n) is 6.86. The average molecular weight is 453 g/mol. The van der Waals surface area contributed by atoms with Gasteiger partial charge in [0.2, 0.25) is 5.95 Å². The number of hydrogen-bond donors (Lipinski definition) is 1. The third-order valence-corrected chi connectivity index (χ3v) is 6.86. The molecule has 0 saturated heterocycles. The Morgan fingerprint density at radius 2 is 1.82 bits per heavy atom. The highest BCUT2D eigenvalue weighted by atomic mass is 16.5. The number of carbonyl (C=O) groups is 1. The number of benzene rings is 3. The van der Waals surface area contributed by atoms with Crippen LogP contribution in [0.2, 0.25) is 0 Å². The molecule has 2 heterocycles. The van der Waals surface area contributed by atoms with Crippen molar-refractivity contribution in [1.82, 2.24) is 14.8 Å². The van der Waals surface area contributed by atoms with Crippen LogP contribution in [-0.4, -0.2) is 34.8 Å². The van der Waals surface area contributed by atoms with Gasteiger partial charge in [-0.2, -0.15) is 10.1 Å². The molecule has 1 aliphatic heterocycles. The van der Waals surface area contributed by atoms with E-state index in [4.69, 9.17) is 9.47 Å². The van der Waals surface area contributed by atoms with Crippen LogP contribution in [0.3, 0.4) is 0 Å².